The number of carbonyl (C=O) groups is 4. The number of carbonyl (C=O) groups excluding carboxylic acids is 4. The van der Waals surface area contributed by atoms with Crippen LogP contribution in [-0.4, -0.2) is 64.5 Å². The van der Waals surface area contributed by atoms with Crippen LogP contribution in [0.25, 0.3) is 21.9 Å². The van der Waals surface area contributed by atoms with E-state index in [0.717, 1.165) is 16.5 Å². The normalized spacial score (nSPS) is 18.9. The molecule has 1 heterocycles. The summed E-state index contributed by atoms with van der Waals surface area (Å²) in [6, 6.07) is 16.8. The van der Waals surface area contributed by atoms with Crippen LogP contribution in [0.15, 0.2) is 60.7 Å². The van der Waals surface area contributed by atoms with E-state index in [1.165, 1.54) is 4.90 Å². The van der Waals surface area contributed by atoms with E-state index in [4.69, 9.17) is 14.6 Å². The van der Waals surface area contributed by atoms with Gasteiger partial charge in [0, 0.05) is 17.2 Å². The Hall–Kier alpha value is -4.04. The third-order valence-electron chi connectivity index (χ3n) is 7.30. The third-order valence-corrected chi connectivity index (χ3v) is 7.30. The highest BCUT2D eigenvalue weighted by Crippen LogP contribution is 2.33. The number of rotatable bonds is 7. The van der Waals surface area contributed by atoms with E-state index in [2.05, 4.69) is 0 Å². The molecule has 1 aliphatic rings. The van der Waals surface area contributed by atoms with Crippen molar-refractivity contribution in [1.29, 1.82) is 0 Å². The fourth-order valence-corrected chi connectivity index (χ4v) is 5.08. The van der Waals surface area contributed by atoms with Gasteiger partial charge in [-0.15, -0.1) is 0 Å². The van der Waals surface area contributed by atoms with Crippen LogP contribution in [0.2, 0.25) is 0 Å². The van der Waals surface area contributed by atoms with Crippen LogP contribution >= 0.6 is 0 Å². The van der Waals surface area contributed by atoms with Gasteiger partial charge in [0.15, 0.2) is 12.4 Å². The number of fused-ring (bicyclic) bond motifs is 1. The number of amides is 1. The highest BCUT2D eigenvalue weighted by atomic mass is 16.6. The van der Waals surface area contributed by atoms with Gasteiger partial charge in [0.05, 0.1) is 0 Å². The number of nitrogens with zero attached hydrogens (tertiary/aromatic N) is 1. The molecule has 4 rings (SSSR count). The Morgan fingerprint density at radius 2 is 1.55 bits per heavy atom. The van der Waals surface area contributed by atoms with Crippen molar-refractivity contribution in [1.82, 2.24) is 4.90 Å². The highest BCUT2D eigenvalue weighted by Gasteiger charge is 2.45. The van der Waals surface area contributed by atoms with Crippen LogP contribution in [0.1, 0.15) is 61.8 Å². The lowest BCUT2D eigenvalue weighted by molar-refractivity contribution is -0.148. The molecule has 3 aromatic rings. The van der Waals surface area contributed by atoms with Crippen LogP contribution in [0, 0.1) is 5.92 Å². The van der Waals surface area contributed by atoms with Crippen LogP contribution in [-0.2, 0) is 14.3 Å². The van der Waals surface area contributed by atoms with Gasteiger partial charge in [0.1, 0.15) is 18.2 Å². The number of ether oxygens (including phenoxy) is 2. The predicted octanol–water partition coefficient (Wildman–Crippen LogP) is 5.44. The molecular weight excluding hydrogens is 510 g/mol. The zero-order valence-corrected chi connectivity index (χ0v) is 23.5. The number of aliphatic hydroxyl groups is 1. The van der Waals surface area contributed by atoms with E-state index in [-0.39, 0.29) is 23.5 Å². The highest BCUT2D eigenvalue weighted by molar-refractivity contribution is 6.12. The number of benzene rings is 3. The lowest BCUT2D eigenvalue weighted by Crippen LogP contribution is -2.47. The number of likely N-dealkylation sites (tertiary alicyclic amines) is 1. The maximum Gasteiger partial charge on any atom is 0.411 e. The minimum absolute atomic E-state index is 0.0630. The van der Waals surface area contributed by atoms with E-state index in [0.29, 0.717) is 22.9 Å². The molecule has 8 nitrogen and oxygen atoms in total. The van der Waals surface area contributed by atoms with Crippen molar-refractivity contribution in [2.45, 2.75) is 58.7 Å². The van der Waals surface area contributed by atoms with Crippen molar-refractivity contribution in [3.63, 3.8) is 0 Å². The van der Waals surface area contributed by atoms with Gasteiger partial charge in [-0.2, -0.15) is 0 Å². The van der Waals surface area contributed by atoms with Crippen molar-refractivity contribution >= 4 is 34.4 Å². The third kappa shape index (κ3) is 6.07. The van der Waals surface area contributed by atoms with E-state index < -0.39 is 36.9 Å². The van der Waals surface area contributed by atoms with E-state index >= 15 is 0 Å². The number of hydrogen-bond donors (Lipinski definition) is 1. The van der Waals surface area contributed by atoms with Gasteiger partial charge in [0.25, 0.3) is 0 Å². The standard InChI is InChI=1S/C32H35NO7/c1-19-16-27(33(20(19)2)31(38)40-32(3,4)5)30(37)39-18-29(36)26-11-7-9-24-23(8-6-10-25(24)26)21-12-14-22(15-13-21)28(35)17-34/h6-15,19-20,27,34H,16-18H2,1-5H3/t19?,20-,27+/m1/s1. The van der Waals surface area contributed by atoms with Gasteiger partial charge in [-0.1, -0.05) is 67.6 Å². The smallest absolute Gasteiger partial charge is 0.411 e. The maximum absolute atomic E-state index is 13.3. The van der Waals surface area contributed by atoms with Gasteiger partial charge >= 0.3 is 12.1 Å². The summed E-state index contributed by atoms with van der Waals surface area (Å²) >= 11 is 0. The molecule has 1 aliphatic heterocycles. The molecule has 1 fully saturated rings. The molecule has 0 spiro atoms. The van der Waals surface area contributed by atoms with E-state index in [1.54, 1.807) is 57.2 Å². The second kappa shape index (κ2) is 11.6. The summed E-state index contributed by atoms with van der Waals surface area (Å²) in [5, 5.41) is 10.6. The second-order valence-corrected chi connectivity index (χ2v) is 11.3. The lowest BCUT2D eigenvalue weighted by atomic mass is 9.94. The summed E-state index contributed by atoms with van der Waals surface area (Å²) in [5.41, 5.74) is 1.84. The Kier molecular flexibility index (Phi) is 8.40. The zero-order chi connectivity index (χ0) is 29.2. The summed E-state index contributed by atoms with van der Waals surface area (Å²) in [6.07, 6.45) is -0.152. The van der Waals surface area contributed by atoms with Gasteiger partial charge in [0.2, 0.25) is 5.78 Å². The lowest BCUT2D eigenvalue weighted by Gasteiger charge is -2.30. The second-order valence-electron chi connectivity index (χ2n) is 11.3. The number of ketones is 2. The first-order chi connectivity index (χ1) is 18.9. The number of hydrogen-bond acceptors (Lipinski definition) is 7. The Labute approximate surface area is 233 Å². The van der Waals surface area contributed by atoms with Crippen molar-refractivity contribution in [2.24, 2.45) is 5.92 Å². The first kappa shape index (κ1) is 29.0. The van der Waals surface area contributed by atoms with Gasteiger partial charge in [-0.05, 0) is 61.9 Å². The van der Waals surface area contributed by atoms with Gasteiger partial charge < -0.3 is 14.6 Å². The Balaban J connectivity index is 1.53. The summed E-state index contributed by atoms with van der Waals surface area (Å²) in [5.74, 6) is -1.28. The van der Waals surface area contributed by atoms with Gasteiger partial charge in [-0.3, -0.25) is 14.5 Å². The molecule has 0 bridgehead atoms. The molecule has 0 radical (unpaired) electrons. The Morgan fingerprint density at radius 3 is 2.20 bits per heavy atom. The van der Waals surface area contributed by atoms with E-state index in [1.807, 2.05) is 38.1 Å². The molecule has 3 aromatic carbocycles. The first-order valence-corrected chi connectivity index (χ1v) is 13.4. The summed E-state index contributed by atoms with van der Waals surface area (Å²) in [7, 11) is 0. The average Bonchev–Trinajstić information content (AvgIpc) is 3.23. The number of aliphatic hydroxyl groups excluding tert-OH is 1. The molecule has 1 unspecified atom stereocenters. The maximum atomic E-state index is 13.3. The molecule has 40 heavy (non-hydrogen) atoms. The molecule has 0 saturated carbocycles. The Bertz CT molecular complexity index is 1440. The summed E-state index contributed by atoms with van der Waals surface area (Å²) in [4.78, 5) is 52.4. The predicted molar refractivity (Wildman–Crippen MR) is 151 cm³/mol. The number of esters is 1. The molecular formula is C32H35NO7. The monoisotopic (exact) mass is 545 g/mol. The molecule has 1 amide bonds. The zero-order valence-electron chi connectivity index (χ0n) is 23.5. The molecule has 0 aliphatic carbocycles. The van der Waals surface area contributed by atoms with Crippen LogP contribution in [0.3, 0.4) is 0 Å². The molecule has 1 N–H and O–H groups in total. The minimum Gasteiger partial charge on any atom is -0.456 e. The average molecular weight is 546 g/mol. The molecule has 8 heteroatoms. The largest absolute Gasteiger partial charge is 0.456 e. The van der Waals surface area contributed by atoms with Crippen LogP contribution < -0.4 is 0 Å². The number of Topliss-reactive ketones (excluding diaryl/α,β-unsaturated/α-hetero) is 2. The van der Waals surface area contributed by atoms with Crippen molar-refractivity contribution in [3.05, 3.63) is 71.8 Å². The summed E-state index contributed by atoms with van der Waals surface area (Å²) in [6.45, 7) is 8.13. The van der Waals surface area contributed by atoms with Crippen LogP contribution in [0.4, 0.5) is 4.79 Å². The fourth-order valence-electron chi connectivity index (χ4n) is 5.08. The molecule has 3 atom stereocenters. The van der Waals surface area contributed by atoms with Gasteiger partial charge in [-0.25, -0.2) is 9.59 Å². The Morgan fingerprint density at radius 1 is 0.900 bits per heavy atom. The molecule has 210 valence electrons. The fraction of sp³-hybridized carbons (Fsp3) is 0.375. The quantitative estimate of drug-likeness (QED) is 0.311. The van der Waals surface area contributed by atoms with Crippen molar-refractivity contribution in [2.75, 3.05) is 13.2 Å². The minimum atomic E-state index is -0.826. The summed E-state index contributed by atoms with van der Waals surface area (Å²) < 4.78 is 11.0. The van der Waals surface area contributed by atoms with Crippen molar-refractivity contribution < 1.29 is 33.8 Å². The van der Waals surface area contributed by atoms with Crippen molar-refractivity contribution in [3.8, 4) is 11.1 Å². The topological polar surface area (TPSA) is 110 Å². The SMILES string of the molecule is CC1C[C@@H](C(=O)OCC(=O)c2cccc3c(-c4ccc(C(=O)CO)cc4)cccc23)N(C(=O)OC(C)(C)C)[C@@H]1C. The first-order valence-electron chi connectivity index (χ1n) is 13.4. The van der Waals surface area contributed by atoms with E-state index in [9.17, 15) is 19.2 Å². The van der Waals surface area contributed by atoms with Crippen LogP contribution in [0.5, 0.6) is 0 Å². The molecule has 0 aromatic heterocycles. The molecule has 1 saturated heterocycles.